The average molecular weight is 288 g/mol. The van der Waals surface area contributed by atoms with Crippen LogP contribution in [0.2, 0.25) is 0 Å². The van der Waals surface area contributed by atoms with Crippen molar-refractivity contribution in [3.8, 4) is 5.75 Å². The van der Waals surface area contributed by atoms with Crippen LogP contribution < -0.4 is 15.4 Å². The molecule has 1 saturated carbocycles. The Morgan fingerprint density at radius 2 is 2.00 bits per heavy atom. The number of hydrogen-bond donors (Lipinski definition) is 2. The third kappa shape index (κ3) is 3.52. The lowest BCUT2D eigenvalue weighted by molar-refractivity contribution is 0.243. The van der Waals surface area contributed by atoms with Gasteiger partial charge in [-0.3, -0.25) is 0 Å². The Hall–Kier alpha value is -1.22. The van der Waals surface area contributed by atoms with E-state index in [0.29, 0.717) is 12.1 Å². The largest absolute Gasteiger partial charge is 0.489 e. The molecular weight excluding hydrogens is 260 g/mol. The number of anilines is 1. The SMILES string of the molecule is CC(C)Oc1ccccc1NC1CCCC1C1CCCN1. The summed E-state index contributed by atoms with van der Waals surface area (Å²) in [7, 11) is 0. The summed E-state index contributed by atoms with van der Waals surface area (Å²) in [6.07, 6.45) is 6.85. The zero-order chi connectivity index (χ0) is 14.7. The van der Waals surface area contributed by atoms with Crippen molar-refractivity contribution >= 4 is 5.69 Å². The summed E-state index contributed by atoms with van der Waals surface area (Å²) in [5.41, 5.74) is 1.15. The Balaban J connectivity index is 1.70. The smallest absolute Gasteiger partial charge is 0.142 e. The van der Waals surface area contributed by atoms with Crippen LogP contribution in [0.3, 0.4) is 0 Å². The highest BCUT2D eigenvalue weighted by atomic mass is 16.5. The minimum atomic E-state index is 0.212. The third-order valence-electron chi connectivity index (χ3n) is 4.78. The van der Waals surface area contributed by atoms with E-state index in [0.717, 1.165) is 17.4 Å². The molecule has 0 bridgehead atoms. The molecule has 1 heterocycles. The first-order chi connectivity index (χ1) is 10.2. The van der Waals surface area contributed by atoms with Crippen LogP contribution in [0.15, 0.2) is 24.3 Å². The minimum Gasteiger partial charge on any atom is -0.489 e. The van der Waals surface area contributed by atoms with Crippen LogP contribution in [-0.2, 0) is 0 Å². The van der Waals surface area contributed by atoms with Gasteiger partial charge in [0.1, 0.15) is 5.75 Å². The lowest BCUT2D eigenvalue weighted by Crippen LogP contribution is -2.38. The maximum Gasteiger partial charge on any atom is 0.142 e. The predicted molar refractivity (Wildman–Crippen MR) is 88.0 cm³/mol. The fourth-order valence-corrected chi connectivity index (χ4v) is 3.87. The quantitative estimate of drug-likeness (QED) is 0.864. The second-order valence-electron chi connectivity index (χ2n) is 6.71. The van der Waals surface area contributed by atoms with Crippen molar-refractivity contribution in [1.29, 1.82) is 0 Å². The van der Waals surface area contributed by atoms with Crippen molar-refractivity contribution in [2.24, 2.45) is 5.92 Å². The van der Waals surface area contributed by atoms with Gasteiger partial charge in [0.05, 0.1) is 11.8 Å². The summed E-state index contributed by atoms with van der Waals surface area (Å²) < 4.78 is 5.94. The molecule has 0 radical (unpaired) electrons. The maximum absolute atomic E-state index is 5.94. The molecule has 1 aliphatic heterocycles. The minimum absolute atomic E-state index is 0.212. The molecule has 3 unspecified atom stereocenters. The van der Waals surface area contributed by atoms with Gasteiger partial charge in [0.2, 0.25) is 0 Å². The van der Waals surface area contributed by atoms with Crippen LogP contribution >= 0.6 is 0 Å². The molecule has 0 amide bonds. The van der Waals surface area contributed by atoms with Crippen molar-refractivity contribution in [3.63, 3.8) is 0 Å². The number of nitrogens with one attached hydrogen (secondary N) is 2. The number of rotatable bonds is 5. The van der Waals surface area contributed by atoms with Crippen LogP contribution in [0.4, 0.5) is 5.69 Å². The molecule has 1 aliphatic carbocycles. The molecule has 1 aromatic rings. The average Bonchev–Trinajstić information content (AvgIpc) is 3.10. The maximum atomic E-state index is 5.94. The third-order valence-corrected chi connectivity index (χ3v) is 4.78. The summed E-state index contributed by atoms with van der Waals surface area (Å²) in [5, 5.41) is 7.47. The number of ether oxygens (including phenoxy) is 1. The van der Waals surface area contributed by atoms with Gasteiger partial charge in [-0.1, -0.05) is 18.6 Å². The fraction of sp³-hybridized carbons (Fsp3) is 0.667. The van der Waals surface area contributed by atoms with Crippen LogP contribution in [0.5, 0.6) is 5.75 Å². The summed E-state index contributed by atoms with van der Waals surface area (Å²) >= 11 is 0. The molecule has 0 spiro atoms. The van der Waals surface area contributed by atoms with E-state index >= 15 is 0 Å². The number of benzene rings is 1. The van der Waals surface area contributed by atoms with Crippen molar-refractivity contribution in [2.75, 3.05) is 11.9 Å². The van der Waals surface area contributed by atoms with Gasteiger partial charge in [-0.05, 0) is 64.1 Å². The molecule has 1 aromatic carbocycles. The standard InChI is InChI=1S/C18H28N2O/c1-13(2)21-18-11-4-3-8-17(18)20-16-9-5-7-14(16)15-10-6-12-19-15/h3-4,8,11,13-16,19-20H,5-7,9-10,12H2,1-2H3. The van der Waals surface area contributed by atoms with Gasteiger partial charge in [-0.25, -0.2) is 0 Å². The van der Waals surface area contributed by atoms with Crippen LogP contribution in [0, 0.1) is 5.92 Å². The molecule has 3 atom stereocenters. The first-order valence-electron chi connectivity index (χ1n) is 8.49. The van der Waals surface area contributed by atoms with E-state index in [4.69, 9.17) is 4.74 Å². The Kier molecular flexibility index (Phi) is 4.69. The number of para-hydroxylation sites is 2. The molecule has 3 rings (SSSR count). The molecule has 2 N–H and O–H groups in total. The molecule has 21 heavy (non-hydrogen) atoms. The van der Waals surface area contributed by atoms with E-state index in [9.17, 15) is 0 Å². The van der Waals surface area contributed by atoms with E-state index in [1.807, 2.05) is 6.07 Å². The molecular formula is C18H28N2O. The Morgan fingerprint density at radius 3 is 2.76 bits per heavy atom. The zero-order valence-electron chi connectivity index (χ0n) is 13.3. The first kappa shape index (κ1) is 14.7. The van der Waals surface area contributed by atoms with E-state index in [-0.39, 0.29) is 6.10 Å². The molecule has 116 valence electrons. The fourth-order valence-electron chi connectivity index (χ4n) is 3.87. The van der Waals surface area contributed by atoms with Crippen molar-refractivity contribution < 1.29 is 4.74 Å². The molecule has 2 fully saturated rings. The zero-order valence-corrected chi connectivity index (χ0v) is 13.3. The van der Waals surface area contributed by atoms with Gasteiger partial charge < -0.3 is 15.4 Å². The second-order valence-corrected chi connectivity index (χ2v) is 6.71. The van der Waals surface area contributed by atoms with Gasteiger partial charge in [-0.2, -0.15) is 0 Å². The van der Waals surface area contributed by atoms with Crippen molar-refractivity contribution in [2.45, 2.75) is 64.1 Å². The summed E-state index contributed by atoms with van der Waals surface area (Å²) in [5.74, 6) is 1.75. The highest BCUT2D eigenvalue weighted by molar-refractivity contribution is 5.57. The topological polar surface area (TPSA) is 33.3 Å². The first-order valence-corrected chi connectivity index (χ1v) is 8.49. The predicted octanol–water partition coefficient (Wildman–Crippen LogP) is 3.81. The van der Waals surface area contributed by atoms with E-state index in [1.165, 1.54) is 38.6 Å². The number of hydrogen-bond acceptors (Lipinski definition) is 3. The monoisotopic (exact) mass is 288 g/mol. The molecule has 2 aliphatic rings. The molecule has 1 saturated heterocycles. The van der Waals surface area contributed by atoms with Crippen LogP contribution in [0.1, 0.15) is 46.0 Å². The van der Waals surface area contributed by atoms with E-state index < -0.39 is 0 Å². The lowest BCUT2D eigenvalue weighted by atomic mass is 9.93. The second kappa shape index (κ2) is 6.69. The highest BCUT2D eigenvalue weighted by Gasteiger charge is 2.35. The van der Waals surface area contributed by atoms with E-state index in [2.05, 4.69) is 42.7 Å². The normalized spacial score (nSPS) is 29.0. The van der Waals surface area contributed by atoms with Crippen molar-refractivity contribution in [1.82, 2.24) is 5.32 Å². The molecule has 3 heteroatoms. The van der Waals surface area contributed by atoms with Gasteiger partial charge in [0.25, 0.3) is 0 Å². The van der Waals surface area contributed by atoms with Gasteiger partial charge in [0, 0.05) is 12.1 Å². The summed E-state index contributed by atoms with van der Waals surface area (Å²) in [6.45, 7) is 5.36. The van der Waals surface area contributed by atoms with Gasteiger partial charge in [-0.15, -0.1) is 0 Å². The summed E-state index contributed by atoms with van der Waals surface area (Å²) in [4.78, 5) is 0. The van der Waals surface area contributed by atoms with Crippen LogP contribution in [-0.4, -0.2) is 24.7 Å². The van der Waals surface area contributed by atoms with Gasteiger partial charge >= 0.3 is 0 Å². The molecule has 3 nitrogen and oxygen atoms in total. The summed E-state index contributed by atoms with van der Waals surface area (Å²) in [6, 6.07) is 9.65. The molecule has 0 aromatic heterocycles. The lowest BCUT2D eigenvalue weighted by Gasteiger charge is -2.28. The van der Waals surface area contributed by atoms with Crippen LogP contribution in [0.25, 0.3) is 0 Å². The van der Waals surface area contributed by atoms with Gasteiger partial charge in [0.15, 0.2) is 0 Å². The van der Waals surface area contributed by atoms with E-state index in [1.54, 1.807) is 0 Å². The highest BCUT2D eigenvalue weighted by Crippen LogP contribution is 2.36. The van der Waals surface area contributed by atoms with Crippen molar-refractivity contribution in [3.05, 3.63) is 24.3 Å². The Labute approximate surface area is 128 Å². The Morgan fingerprint density at radius 1 is 1.14 bits per heavy atom. The Bertz CT molecular complexity index is 454.